The molecule has 0 fully saturated rings. The van der Waals surface area contributed by atoms with Gasteiger partial charge in [0.2, 0.25) is 0 Å². The highest BCUT2D eigenvalue weighted by Gasteiger charge is 2.42. The van der Waals surface area contributed by atoms with Crippen LogP contribution in [0.3, 0.4) is 0 Å². The van der Waals surface area contributed by atoms with E-state index >= 15 is 0 Å². The molecule has 0 aliphatic carbocycles. The highest BCUT2D eigenvalue weighted by Crippen LogP contribution is 2.29. The van der Waals surface area contributed by atoms with Crippen molar-refractivity contribution in [1.29, 1.82) is 0 Å². The quantitative estimate of drug-likeness (QED) is 0.569. The second-order valence-corrected chi connectivity index (χ2v) is 5.28. The second-order valence-electron chi connectivity index (χ2n) is 3.50. The molecule has 0 aliphatic heterocycles. The fourth-order valence-corrected chi connectivity index (χ4v) is 2.10. The fourth-order valence-electron chi connectivity index (χ4n) is 1.40. The van der Waals surface area contributed by atoms with E-state index in [0.717, 1.165) is 6.92 Å². The van der Waals surface area contributed by atoms with Crippen molar-refractivity contribution in [3.05, 3.63) is 0 Å². The number of aliphatic hydroxyl groups is 2. The first kappa shape index (κ1) is 13.8. The number of rotatable bonds is 6. The van der Waals surface area contributed by atoms with Crippen LogP contribution in [0.2, 0.25) is 0 Å². The molecule has 5 nitrogen and oxygen atoms in total. The molecule has 0 heterocycles. The van der Waals surface area contributed by atoms with Crippen molar-refractivity contribution in [2.45, 2.75) is 38.0 Å². The molecule has 0 aromatic heterocycles. The lowest BCUT2D eigenvalue weighted by Gasteiger charge is -2.28. The topological polar surface area (TPSA) is 94.8 Å². The molecule has 2 atom stereocenters. The molecule has 2 unspecified atom stereocenters. The first-order valence-corrected chi connectivity index (χ1v) is 6.01. The average Bonchev–Trinajstić information content (AvgIpc) is 2.03. The Morgan fingerprint density at radius 2 is 1.93 bits per heavy atom. The molecule has 6 heteroatoms. The van der Waals surface area contributed by atoms with E-state index in [4.69, 9.17) is 9.66 Å². The van der Waals surface area contributed by atoms with Gasteiger partial charge in [0.25, 0.3) is 10.1 Å². The molecule has 0 bridgehead atoms. The van der Waals surface area contributed by atoms with E-state index in [9.17, 15) is 13.5 Å². The monoisotopic (exact) mass is 226 g/mol. The molecular formula is C8H18O5S. The standard InChI is InChI=1S/C8H18O5S/c1-3-7(5-4-6-9)8(2,10)14(11,12)13/h7,9-10H,3-6H2,1-2H3,(H,11,12,13). The lowest BCUT2D eigenvalue weighted by atomic mass is 9.95. The summed E-state index contributed by atoms with van der Waals surface area (Å²) in [7, 11) is -4.47. The summed E-state index contributed by atoms with van der Waals surface area (Å²) < 4.78 is 30.5. The minimum absolute atomic E-state index is 0.0575. The summed E-state index contributed by atoms with van der Waals surface area (Å²) in [4.78, 5) is -2.13. The second kappa shape index (κ2) is 5.06. The third kappa shape index (κ3) is 3.20. The molecule has 0 amide bonds. The van der Waals surface area contributed by atoms with Crippen molar-refractivity contribution >= 4 is 10.1 Å². The minimum atomic E-state index is -4.47. The van der Waals surface area contributed by atoms with Crippen LogP contribution < -0.4 is 0 Å². The molecule has 0 aromatic rings. The van der Waals surface area contributed by atoms with Crippen molar-refractivity contribution in [3.63, 3.8) is 0 Å². The summed E-state index contributed by atoms with van der Waals surface area (Å²) in [6, 6.07) is 0. The Bertz CT molecular complexity index is 257. The van der Waals surface area contributed by atoms with Crippen LogP contribution >= 0.6 is 0 Å². The Hall–Kier alpha value is -0.170. The normalized spacial score (nSPS) is 18.9. The van der Waals surface area contributed by atoms with E-state index in [-0.39, 0.29) is 6.61 Å². The van der Waals surface area contributed by atoms with Crippen LogP contribution in [0.1, 0.15) is 33.1 Å². The molecule has 0 radical (unpaired) electrons. The van der Waals surface area contributed by atoms with Gasteiger partial charge >= 0.3 is 0 Å². The molecule has 0 saturated heterocycles. The number of aliphatic hydroxyl groups excluding tert-OH is 1. The predicted molar refractivity (Wildman–Crippen MR) is 52.3 cm³/mol. The van der Waals surface area contributed by atoms with Gasteiger partial charge < -0.3 is 10.2 Å². The van der Waals surface area contributed by atoms with Gasteiger partial charge in [0, 0.05) is 12.5 Å². The van der Waals surface area contributed by atoms with Gasteiger partial charge in [0.15, 0.2) is 4.93 Å². The van der Waals surface area contributed by atoms with Crippen LogP contribution in [0.15, 0.2) is 0 Å². The molecule has 86 valence electrons. The predicted octanol–water partition coefficient (Wildman–Crippen LogP) is 0.381. The summed E-state index contributed by atoms with van der Waals surface area (Å²) in [5.74, 6) is -0.565. The smallest absolute Gasteiger partial charge is 0.294 e. The zero-order valence-corrected chi connectivity index (χ0v) is 9.29. The number of hydrogen-bond acceptors (Lipinski definition) is 4. The summed E-state index contributed by atoms with van der Waals surface area (Å²) in [6.07, 6.45) is 1.19. The molecule has 0 spiro atoms. The Balaban J connectivity index is 4.66. The van der Waals surface area contributed by atoms with E-state index in [2.05, 4.69) is 0 Å². The maximum Gasteiger partial charge on any atom is 0.294 e. The zero-order chi connectivity index (χ0) is 11.4. The van der Waals surface area contributed by atoms with E-state index in [1.54, 1.807) is 6.92 Å². The third-order valence-corrected chi connectivity index (χ3v) is 3.86. The maximum absolute atomic E-state index is 10.9. The summed E-state index contributed by atoms with van der Waals surface area (Å²) in [5, 5.41) is 18.2. The average molecular weight is 226 g/mol. The summed E-state index contributed by atoms with van der Waals surface area (Å²) in [6.45, 7) is 2.74. The van der Waals surface area contributed by atoms with Crippen molar-refractivity contribution in [2.24, 2.45) is 5.92 Å². The fraction of sp³-hybridized carbons (Fsp3) is 1.00. The van der Waals surface area contributed by atoms with E-state index < -0.39 is 21.0 Å². The van der Waals surface area contributed by atoms with E-state index in [1.807, 2.05) is 0 Å². The molecule has 3 N–H and O–H groups in total. The van der Waals surface area contributed by atoms with Gasteiger partial charge in [0.05, 0.1) is 0 Å². The van der Waals surface area contributed by atoms with E-state index in [1.165, 1.54) is 0 Å². The van der Waals surface area contributed by atoms with Crippen LogP contribution in [0.4, 0.5) is 0 Å². The molecular weight excluding hydrogens is 208 g/mol. The van der Waals surface area contributed by atoms with E-state index in [0.29, 0.717) is 19.3 Å². The Morgan fingerprint density at radius 3 is 2.21 bits per heavy atom. The van der Waals surface area contributed by atoms with Crippen LogP contribution in [0, 0.1) is 5.92 Å². The molecule has 0 rings (SSSR count). The van der Waals surface area contributed by atoms with Gasteiger partial charge in [0.1, 0.15) is 0 Å². The highest BCUT2D eigenvalue weighted by molar-refractivity contribution is 7.87. The Kier molecular flexibility index (Phi) is 5.00. The Morgan fingerprint density at radius 1 is 1.43 bits per heavy atom. The molecule has 0 aliphatic rings. The molecule has 0 aromatic carbocycles. The van der Waals surface area contributed by atoms with Gasteiger partial charge in [-0.2, -0.15) is 8.42 Å². The highest BCUT2D eigenvalue weighted by atomic mass is 32.2. The first-order chi connectivity index (χ1) is 6.27. The minimum Gasteiger partial charge on any atom is -0.396 e. The lowest BCUT2D eigenvalue weighted by Crippen LogP contribution is -2.42. The molecule has 0 saturated carbocycles. The maximum atomic E-state index is 10.9. The van der Waals surface area contributed by atoms with Crippen molar-refractivity contribution in [3.8, 4) is 0 Å². The summed E-state index contributed by atoms with van der Waals surface area (Å²) >= 11 is 0. The SMILES string of the molecule is CCC(CCCO)C(C)(O)S(=O)(=O)O. The van der Waals surface area contributed by atoms with Crippen LogP contribution in [0.5, 0.6) is 0 Å². The van der Waals surface area contributed by atoms with Gasteiger partial charge in [-0.25, -0.2) is 0 Å². The van der Waals surface area contributed by atoms with Crippen LogP contribution in [-0.4, -0.2) is 34.7 Å². The van der Waals surface area contributed by atoms with Gasteiger partial charge in [-0.05, 0) is 26.2 Å². The van der Waals surface area contributed by atoms with Crippen molar-refractivity contribution < 1.29 is 23.2 Å². The van der Waals surface area contributed by atoms with Gasteiger partial charge in [-0.1, -0.05) is 6.92 Å². The number of hydrogen-bond donors (Lipinski definition) is 3. The van der Waals surface area contributed by atoms with Gasteiger partial charge in [-0.15, -0.1) is 0 Å². The zero-order valence-electron chi connectivity index (χ0n) is 8.47. The Labute approximate surface area is 84.5 Å². The van der Waals surface area contributed by atoms with Crippen LogP contribution in [-0.2, 0) is 10.1 Å². The largest absolute Gasteiger partial charge is 0.396 e. The summed E-state index contributed by atoms with van der Waals surface area (Å²) in [5.41, 5.74) is 0. The lowest BCUT2D eigenvalue weighted by molar-refractivity contribution is 0.0587. The van der Waals surface area contributed by atoms with Crippen molar-refractivity contribution in [2.75, 3.05) is 6.61 Å². The molecule has 14 heavy (non-hydrogen) atoms. The first-order valence-electron chi connectivity index (χ1n) is 4.57. The van der Waals surface area contributed by atoms with Crippen LogP contribution in [0.25, 0.3) is 0 Å². The third-order valence-electron chi connectivity index (χ3n) is 2.48. The van der Waals surface area contributed by atoms with Gasteiger partial charge in [-0.3, -0.25) is 4.55 Å². The van der Waals surface area contributed by atoms with Crippen molar-refractivity contribution in [1.82, 2.24) is 0 Å².